The Bertz CT molecular complexity index is 406. The zero-order valence-electron chi connectivity index (χ0n) is 15.2. The third-order valence-corrected chi connectivity index (χ3v) is 3.84. The molecule has 0 aliphatic carbocycles. The zero-order chi connectivity index (χ0) is 17.7. The third-order valence-electron chi connectivity index (χ3n) is 3.84. The summed E-state index contributed by atoms with van der Waals surface area (Å²) in [5.41, 5.74) is 0. The summed E-state index contributed by atoms with van der Waals surface area (Å²) in [6.07, 6.45) is 5.91. The molecule has 2 rings (SSSR count). The predicted octanol–water partition coefficient (Wildman–Crippen LogP) is 1.41. The number of carbonyl (C=O) groups is 1. The number of epoxide rings is 2. The van der Waals surface area contributed by atoms with Gasteiger partial charge in [0.2, 0.25) is 0 Å². The first kappa shape index (κ1) is 20.2. The molecule has 7 nitrogen and oxygen atoms in total. The lowest BCUT2D eigenvalue weighted by atomic mass is 10.3. The van der Waals surface area contributed by atoms with Crippen molar-refractivity contribution in [2.75, 3.05) is 52.8 Å². The Morgan fingerprint density at radius 3 is 2.12 bits per heavy atom. The summed E-state index contributed by atoms with van der Waals surface area (Å²) >= 11 is 0. The van der Waals surface area contributed by atoms with Crippen LogP contribution in [0.2, 0.25) is 0 Å². The summed E-state index contributed by atoms with van der Waals surface area (Å²) in [7, 11) is 0. The summed E-state index contributed by atoms with van der Waals surface area (Å²) in [4.78, 5) is 12.0. The van der Waals surface area contributed by atoms with Crippen LogP contribution in [0.25, 0.3) is 0 Å². The zero-order valence-corrected chi connectivity index (χ0v) is 15.2. The van der Waals surface area contributed by atoms with Crippen molar-refractivity contribution >= 4 is 5.91 Å². The van der Waals surface area contributed by atoms with Gasteiger partial charge in [0, 0.05) is 19.8 Å². The maximum absolute atomic E-state index is 12.0. The van der Waals surface area contributed by atoms with Crippen molar-refractivity contribution in [2.24, 2.45) is 0 Å². The van der Waals surface area contributed by atoms with E-state index in [1.54, 1.807) is 13.0 Å². The molecule has 0 aromatic heterocycles. The van der Waals surface area contributed by atoms with Crippen LogP contribution >= 0.6 is 0 Å². The molecule has 2 saturated heterocycles. The van der Waals surface area contributed by atoms with Crippen LogP contribution in [0, 0.1) is 0 Å². The van der Waals surface area contributed by atoms with Crippen molar-refractivity contribution in [3.8, 4) is 0 Å². The van der Waals surface area contributed by atoms with Crippen LogP contribution in [-0.4, -0.2) is 70.9 Å². The average Bonchev–Trinajstić information content (AvgIpc) is 3.51. The Morgan fingerprint density at radius 2 is 1.56 bits per heavy atom. The average molecular weight is 357 g/mol. The van der Waals surface area contributed by atoms with Crippen molar-refractivity contribution < 1.29 is 28.5 Å². The maximum atomic E-state index is 12.0. The van der Waals surface area contributed by atoms with Crippen LogP contribution in [-0.2, 0) is 28.5 Å². The standard InChI is InChI=1S/C18H31NO6/c1-2-17(23-10-6-5-9-22-12-16-14-25-16)18(20)19-7-3-4-8-21-11-15-13-24-15/h2,15-16H,3-14H2,1H3,(H,19,20). The van der Waals surface area contributed by atoms with E-state index in [0.717, 1.165) is 38.9 Å². The van der Waals surface area contributed by atoms with E-state index in [4.69, 9.17) is 23.7 Å². The molecule has 7 heteroatoms. The normalized spacial score (nSPS) is 21.9. The van der Waals surface area contributed by atoms with Gasteiger partial charge in [0.25, 0.3) is 5.91 Å². The topological polar surface area (TPSA) is 81.9 Å². The number of amides is 1. The highest BCUT2D eigenvalue weighted by Gasteiger charge is 2.22. The van der Waals surface area contributed by atoms with Crippen molar-refractivity contribution in [3.63, 3.8) is 0 Å². The molecule has 0 aromatic rings. The molecule has 2 aliphatic rings. The predicted molar refractivity (Wildman–Crippen MR) is 92.3 cm³/mol. The number of hydrogen-bond donors (Lipinski definition) is 1. The van der Waals surface area contributed by atoms with E-state index in [1.165, 1.54) is 0 Å². The minimum absolute atomic E-state index is 0.156. The first-order valence-corrected chi connectivity index (χ1v) is 9.25. The largest absolute Gasteiger partial charge is 0.488 e. The van der Waals surface area contributed by atoms with Gasteiger partial charge in [0.15, 0.2) is 5.76 Å². The molecule has 0 bridgehead atoms. The van der Waals surface area contributed by atoms with E-state index in [9.17, 15) is 4.79 Å². The highest BCUT2D eigenvalue weighted by Crippen LogP contribution is 2.09. The molecule has 1 N–H and O–H groups in total. The van der Waals surface area contributed by atoms with E-state index >= 15 is 0 Å². The summed E-state index contributed by atoms with van der Waals surface area (Å²) in [5.74, 6) is 0.228. The van der Waals surface area contributed by atoms with Gasteiger partial charge in [-0.1, -0.05) is 0 Å². The third kappa shape index (κ3) is 10.4. The molecule has 2 fully saturated rings. The number of unbranched alkanes of at least 4 members (excludes halogenated alkanes) is 2. The number of allylic oxidation sites excluding steroid dienone is 1. The van der Waals surface area contributed by atoms with E-state index in [1.807, 2.05) is 0 Å². The summed E-state index contributed by atoms with van der Waals surface area (Å²) < 4.78 is 26.6. The molecular weight excluding hydrogens is 326 g/mol. The first-order valence-electron chi connectivity index (χ1n) is 9.25. The van der Waals surface area contributed by atoms with Crippen LogP contribution in [0.1, 0.15) is 32.6 Å². The van der Waals surface area contributed by atoms with Crippen LogP contribution in [0.5, 0.6) is 0 Å². The van der Waals surface area contributed by atoms with Gasteiger partial charge in [-0.2, -0.15) is 0 Å². The van der Waals surface area contributed by atoms with Gasteiger partial charge in [-0.05, 0) is 38.7 Å². The number of nitrogens with one attached hydrogen (secondary N) is 1. The molecule has 25 heavy (non-hydrogen) atoms. The quantitative estimate of drug-likeness (QED) is 0.195. The van der Waals surface area contributed by atoms with Crippen LogP contribution in [0.4, 0.5) is 0 Å². The monoisotopic (exact) mass is 357 g/mol. The number of rotatable bonds is 16. The van der Waals surface area contributed by atoms with Crippen molar-refractivity contribution in [3.05, 3.63) is 11.8 Å². The van der Waals surface area contributed by atoms with Crippen LogP contribution in [0.15, 0.2) is 11.8 Å². The molecule has 0 aromatic carbocycles. The second-order valence-electron chi connectivity index (χ2n) is 6.23. The smallest absolute Gasteiger partial charge is 0.285 e. The fourth-order valence-electron chi connectivity index (χ4n) is 2.14. The molecule has 0 spiro atoms. The summed E-state index contributed by atoms with van der Waals surface area (Å²) in [5, 5.41) is 2.88. The van der Waals surface area contributed by atoms with Gasteiger partial charge in [-0.15, -0.1) is 0 Å². The Hall–Kier alpha value is -1.15. The van der Waals surface area contributed by atoms with Crippen LogP contribution < -0.4 is 5.32 Å². The lowest BCUT2D eigenvalue weighted by Crippen LogP contribution is -2.27. The Labute approximate surface area is 150 Å². The van der Waals surface area contributed by atoms with Crippen molar-refractivity contribution in [2.45, 2.75) is 44.8 Å². The SMILES string of the molecule is CC=C(OCCCCOCC1CO1)C(=O)NCCCCOCC1CO1. The van der Waals surface area contributed by atoms with Gasteiger partial charge in [-0.25, -0.2) is 0 Å². The number of ether oxygens (including phenoxy) is 5. The van der Waals surface area contributed by atoms with E-state index in [2.05, 4.69) is 5.32 Å². The molecule has 0 radical (unpaired) electrons. The van der Waals surface area contributed by atoms with Gasteiger partial charge in [0.1, 0.15) is 12.2 Å². The highest BCUT2D eigenvalue weighted by molar-refractivity contribution is 5.91. The van der Waals surface area contributed by atoms with Crippen molar-refractivity contribution in [1.29, 1.82) is 0 Å². The van der Waals surface area contributed by atoms with E-state index < -0.39 is 0 Å². The molecule has 2 atom stereocenters. The van der Waals surface area contributed by atoms with Gasteiger partial charge in [0.05, 0.1) is 33.0 Å². The molecule has 144 valence electrons. The molecule has 2 aliphatic heterocycles. The lowest BCUT2D eigenvalue weighted by molar-refractivity contribution is -0.121. The summed E-state index contributed by atoms with van der Waals surface area (Å²) in [6, 6.07) is 0. The maximum Gasteiger partial charge on any atom is 0.285 e. The Morgan fingerprint density at radius 1 is 1.00 bits per heavy atom. The van der Waals surface area contributed by atoms with Crippen molar-refractivity contribution in [1.82, 2.24) is 5.32 Å². The number of carbonyl (C=O) groups excluding carboxylic acids is 1. The second kappa shape index (κ2) is 12.2. The van der Waals surface area contributed by atoms with Gasteiger partial charge < -0.3 is 29.0 Å². The van der Waals surface area contributed by atoms with E-state index in [0.29, 0.717) is 57.5 Å². The molecule has 2 unspecified atom stereocenters. The Balaban J connectivity index is 1.38. The lowest BCUT2D eigenvalue weighted by Gasteiger charge is -2.11. The minimum atomic E-state index is -0.156. The first-order chi connectivity index (χ1) is 12.3. The molecule has 2 heterocycles. The van der Waals surface area contributed by atoms with Crippen LogP contribution in [0.3, 0.4) is 0 Å². The minimum Gasteiger partial charge on any atom is -0.488 e. The molecule has 0 saturated carbocycles. The van der Waals surface area contributed by atoms with Gasteiger partial charge >= 0.3 is 0 Å². The molecule has 1 amide bonds. The Kier molecular flexibility index (Phi) is 9.88. The fraction of sp³-hybridized carbons (Fsp3) is 0.833. The highest BCUT2D eigenvalue weighted by atomic mass is 16.6. The number of hydrogen-bond acceptors (Lipinski definition) is 6. The summed E-state index contributed by atoms with van der Waals surface area (Å²) in [6.45, 7) is 7.38. The molecular formula is C18H31NO6. The van der Waals surface area contributed by atoms with E-state index in [-0.39, 0.29) is 5.91 Å². The second-order valence-corrected chi connectivity index (χ2v) is 6.23. The van der Waals surface area contributed by atoms with Gasteiger partial charge in [-0.3, -0.25) is 4.79 Å². The fourth-order valence-corrected chi connectivity index (χ4v) is 2.14.